The minimum absolute atomic E-state index is 0.738. The molecular weight excluding hydrogens is 190 g/mol. The SMILES string of the molecule is CCCCN1CCC[C@H]1c1cccs1. The highest BCUT2D eigenvalue weighted by Crippen LogP contribution is 2.34. The third-order valence-corrected chi connectivity index (χ3v) is 4.01. The van der Waals surface area contributed by atoms with Gasteiger partial charge in [-0.1, -0.05) is 19.4 Å². The summed E-state index contributed by atoms with van der Waals surface area (Å²) in [5.41, 5.74) is 0. The molecular formula is C12H19NS. The van der Waals surface area contributed by atoms with Crippen molar-refractivity contribution in [3.8, 4) is 0 Å². The molecule has 14 heavy (non-hydrogen) atoms. The van der Waals surface area contributed by atoms with Crippen LogP contribution in [0.5, 0.6) is 0 Å². The second-order valence-electron chi connectivity index (χ2n) is 4.06. The molecule has 2 rings (SSSR count). The zero-order valence-corrected chi connectivity index (χ0v) is 9.72. The van der Waals surface area contributed by atoms with E-state index in [2.05, 4.69) is 29.3 Å². The van der Waals surface area contributed by atoms with Crippen molar-refractivity contribution in [3.63, 3.8) is 0 Å². The van der Waals surface area contributed by atoms with E-state index in [0.717, 1.165) is 6.04 Å². The van der Waals surface area contributed by atoms with Crippen LogP contribution in [-0.2, 0) is 0 Å². The number of rotatable bonds is 4. The van der Waals surface area contributed by atoms with Crippen LogP contribution in [0.3, 0.4) is 0 Å². The first kappa shape index (κ1) is 10.2. The van der Waals surface area contributed by atoms with Crippen LogP contribution in [0.25, 0.3) is 0 Å². The predicted molar refractivity (Wildman–Crippen MR) is 62.8 cm³/mol. The van der Waals surface area contributed by atoms with Gasteiger partial charge < -0.3 is 0 Å². The van der Waals surface area contributed by atoms with Crippen molar-refractivity contribution >= 4 is 11.3 Å². The topological polar surface area (TPSA) is 3.24 Å². The van der Waals surface area contributed by atoms with Crippen molar-refractivity contribution in [2.75, 3.05) is 13.1 Å². The molecule has 0 radical (unpaired) electrons. The third-order valence-electron chi connectivity index (χ3n) is 3.03. The van der Waals surface area contributed by atoms with Crippen LogP contribution in [0.2, 0.25) is 0 Å². The summed E-state index contributed by atoms with van der Waals surface area (Å²) in [6.07, 6.45) is 5.41. The van der Waals surface area contributed by atoms with E-state index in [1.165, 1.54) is 38.8 Å². The number of nitrogens with zero attached hydrogens (tertiary/aromatic N) is 1. The highest BCUT2D eigenvalue weighted by Gasteiger charge is 2.25. The van der Waals surface area contributed by atoms with E-state index in [0.29, 0.717) is 0 Å². The lowest BCUT2D eigenvalue weighted by Crippen LogP contribution is -2.23. The molecule has 2 heterocycles. The number of hydrogen-bond donors (Lipinski definition) is 0. The average molecular weight is 209 g/mol. The fourth-order valence-electron chi connectivity index (χ4n) is 2.26. The standard InChI is InChI=1S/C12H19NS/c1-2-3-8-13-9-4-6-11(13)12-7-5-10-14-12/h5,7,10-11H,2-4,6,8-9H2,1H3/t11-/m0/s1. The van der Waals surface area contributed by atoms with Crippen molar-refractivity contribution in [2.24, 2.45) is 0 Å². The van der Waals surface area contributed by atoms with Crippen LogP contribution in [0.1, 0.15) is 43.5 Å². The molecule has 0 saturated carbocycles. The molecule has 1 aliphatic rings. The molecule has 2 heteroatoms. The zero-order valence-electron chi connectivity index (χ0n) is 8.91. The van der Waals surface area contributed by atoms with E-state index in [-0.39, 0.29) is 0 Å². The summed E-state index contributed by atoms with van der Waals surface area (Å²) in [5.74, 6) is 0. The maximum atomic E-state index is 2.66. The molecule has 0 aromatic carbocycles. The monoisotopic (exact) mass is 209 g/mol. The average Bonchev–Trinajstić information content (AvgIpc) is 2.84. The Morgan fingerprint density at radius 3 is 3.21 bits per heavy atom. The summed E-state index contributed by atoms with van der Waals surface area (Å²) >= 11 is 1.92. The van der Waals surface area contributed by atoms with Gasteiger partial charge in [-0.15, -0.1) is 11.3 Å². The summed E-state index contributed by atoms with van der Waals surface area (Å²) in [7, 11) is 0. The molecule has 0 N–H and O–H groups in total. The number of likely N-dealkylation sites (tertiary alicyclic amines) is 1. The fraction of sp³-hybridized carbons (Fsp3) is 0.667. The molecule has 0 spiro atoms. The van der Waals surface area contributed by atoms with Crippen molar-refractivity contribution in [1.29, 1.82) is 0 Å². The molecule has 0 bridgehead atoms. The Morgan fingerprint density at radius 1 is 1.57 bits per heavy atom. The summed E-state index contributed by atoms with van der Waals surface area (Å²) < 4.78 is 0. The molecule has 1 atom stereocenters. The van der Waals surface area contributed by atoms with Gasteiger partial charge in [0.1, 0.15) is 0 Å². The summed E-state index contributed by atoms with van der Waals surface area (Å²) in [6, 6.07) is 5.21. The van der Waals surface area contributed by atoms with Gasteiger partial charge in [-0.3, -0.25) is 4.90 Å². The fourth-order valence-corrected chi connectivity index (χ4v) is 3.15. The van der Waals surface area contributed by atoms with Crippen molar-refractivity contribution in [1.82, 2.24) is 4.90 Å². The van der Waals surface area contributed by atoms with Crippen LogP contribution in [0, 0.1) is 0 Å². The molecule has 1 fully saturated rings. The van der Waals surface area contributed by atoms with Crippen molar-refractivity contribution < 1.29 is 0 Å². The Bertz CT molecular complexity index is 255. The lowest BCUT2D eigenvalue weighted by molar-refractivity contribution is 0.256. The van der Waals surface area contributed by atoms with E-state index in [9.17, 15) is 0 Å². The van der Waals surface area contributed by atoms with E-state index >= 15 is 0 Å². The predicted octanol–water partition coefficient (Wildman–Crippen LogP) is 3.69. The Hall–Kier alpha value is -0.340. The van der Waals surface area contributed by atoms with Gasteiger partial charge in [0.15, 0.2) is 0 Å². The number of hydrogen-bond acceptors (Lipinski definition) is 2. The van der Waals surface area contributed by atoms with Crippen LogP contribution in [-0.4, -0.2) is 18.0 Å². The molecule has 0 aliphatic carbocycles. The van der Waals surface area contributed by atoms with Gasteiger partial charge in [0.25, 0.3) is 0 Å². The van der Waals surface area contributed by atoms with Gasteiger partial charge in [-0.25, -0.2) is 0 Å². The Labute approximate surface area is 90.7 Å². The second-order valence-corrected chi connectivity index (χ2v) is 5.04. The molecule has 1 nitrogen and oxygen atoms in total. The van der Waals surface area contributed by atoms with Gasteiger partial charge in [-0.05, 0) is 43.8 Å². The minimum atomic E-state index is 0.738. The highest BCUT2D eigenvalue weighted by atomic mass is 32.1. The van der Waals surface area contributed by atoms with Gasteiger partial charge in [0.05, 0.1) is 0 Å². The van der Waals surface area contributed by atoms with Crippen LogP contribution in [0.4, 0.5) is 0 Å². The van der Waals surface area contributed by atoms with Crippen molar-refractivity contribution in [3.05, 3.63) is 22.4 Å². The van der Waals surface area contributed by atoms with Gasteiger partial charge in [0.2, 0.25) is 0 Å². The van der Waals surface area contributed by atoms with E-state index in [1.807, 2.05) is 11.3 Å². The van der Waals surface area contributed by atoms with Crippen LogP contribution in [0.15, 0.2) is 17.5 Å². The van der Waals surface area contributed by atoms with E-state index in [1.54, 1.807) is 4.88 Å². The normalized spacial score (nSPS) is 23.1. The summed E-state index contributed by atoms with van der Waals surface area (Å²) in [6.45, 7) is 4.87. The van der Waals surface area contributed by atoms with Crippen LogP contribution < -0.4 is 0 Å². The lowest BCUT2D eigenvalue weighted by Gasteiger charge is -2.23. The first-order valence-corrected chi connectivity index (χ1v) is 6.57. The molecule has 0 amide bonds. The first-order valence-electron chi connectivity index (χ1n) is 5.69. The third kappa shape index (κ3) is 2.18. The molecule has 1 aliphatic heterocycles. The Kier molecular flexibility index (Phi) is 3.60. The molecule has 1 saturated heterocycles. The minimum Gasteiger partial charge on any atom is -0.296 e. The van der Waals surface area contributed by atoms with Gasteiger partial charge in [-0.2, -0.15) is 0 Å². The Balaban J connectivity index is 1.97. The second kappa shape index (κ2) is 4.94. The summed E-state index contributed by atoms with van der Waals surface area (Å²) in [5, 5.41) is 2.20. The van der Waals surface area contributed by atoms with Crippen molar-refractivity contribution in [2.45, 2.75) is 38.6 Å². The van der Waals surface area contributed by atoms with Gasteiger partial charge >= 0.3 is 0 Å². The molecule has 78 valence electrons. The molecule has 0 unspecified atom stereocenters. The zero-order chi connectivity index (χ0) is 9.80. The smallest absolute Gasteiger partial charge is 0.0441 e. The maximum Gasteiger partial charge on any atom is 0.0441 e. The molecule has 1 aromatic rings. The lowest BCUT2D eigenvalue weighted by atomic mass is 10.2. The number of thiophene rings is 1. The first-order chi connectivity index (χ1) is 6.92. The highest BCUT2D eigenvalue weighted by molar-refractivity contribution is 7.10. The van der Waals surface area contributed by atoms with Crippen LogP contribution >= 0.6 is 11.3 Å². The summed E-state index contributed by atoms with van der Waals surface area (Å²) in [4.78, 5) is 4.23. The van der Waals surface area contributed by atoms with E-state index < -0.39 is 0 Å². The quantitative estimate of drug-likeness (QED) is 0.731. The maximum absolute atomic E-state index is 2.66. The molecule has 1 aromatic heterocycles. The Morgan fingerprint density at radius 2 is 2.50 bits per heavy atom. The number of unbranched alkanes of at least 4 members (excludes halogenated alkanes) is 1. The van der Waals surface area contributed by atoms with Gasteiger partial charge in [0, 0.05) is 10.9 Å². The van der Waals surface area contributed by atoms with E-state index in [4.69, 9.17) is 0 Å². The largest absolute Gasteiger partial charge is 0.296 e.